The Labute approximate surface area is 156 Å². The van der Waals surface area contributed by atoms with Crippen LogP contribution in [0, 0.1) is 5.92 Å². The van der Waals surface area contributed by atoms with Crippen molar-refractivity contribution in [1.82, 2.24) is 15.8 Å². The van der Waals surface area contributed by atoms with E-state index < -0.39 is 0 Å². The van der Waals surface area contributed by atoms with Crippen LogP contribution in [0.1, 0.15) is 28.1 Å². The van der Waals surface area contributed by atoms with Crippen molar-refractivity contribution in [2.24, 2.45) is 5.92 Å². The fraction of sp³-hybridized carbons (Fsp3) is 0.316. The fourth-order valence-corrected chi connectivity index (χ4v) is 3.65. The normalized spacial score (nSPS) is 14.7. The quantitative estimate of drug-likeness (QED) is 0.807. The van der Waals surface area contributed by atoms with E-state index in [1.807, 2.05) is 47.8 Å². The van der Waals surface area contributed by atoms with Crippen molar-refractivity contribution in [3.63, 3.8) is 0 Å². The maximum atomic E-state index is 12.3. The average Bonchev–Trinajstić information content (AvgIpc) is 3.21. The van der Waals surface area contributed by atoms with Gasteiger partial charge in [0.05, 0.1) is 11.3 Å². The molecular weight excluding hydrogens is 350 g/mol. The van der Waals surface area contributed by atoms with Gasteiger partial charge in [-0.2, -0.15) is 0 Å². The van der Waals surface area contributed by atoms with Gasteiger partial charge < -0.3 is 4.90 Å². The molecule has 1 aliphatic heterocycles. The first-order chi connectivity index (χ1) is 12.6. The summed E-state index contributed by atoms with van der Waals surface area (Å²) in [4.78, 5) is 38.9. The van der Waals surface area contributed by atoms with Gasteiger partial charge in [-0.3, -0.25) is 25.2 Å². The lowest BCUT2D eigenvalue weighted by Crippen LogP contribution is -2.48. The van der Waals surface area contributed by atoms with Gasteiger partial charge in [-0.25, -0.2) is 0 Å². The number of amides is 3. The number of nitrogens with one attached hydrogen (secondary N) is 2. The number of carbonyl (C=O) groups excluding carboxylic acids is 3. The molecule has 1 aliphatic rings. The maximum absolute atomic E-state index is 12.3. The minimum absolute atomic E-state index is 0.0232. The molecule has 0 spiro atoms. The van der Waals surface area contributed by atoms with Gasteiger partial charge in [0.1, 0.15) is 0 Å². The summed E-state index contributed by atoms with van der Waals surface area (Å²) in [5.74, 6) is -0.626. The molecule has 1 aromatic heterocycles. The zero-order valence-electron chi connectivity index (χ0n) is 14.3. The Morgan fingerprint density at radius 3 is 2.38 bits per heavy atom. The van der Waals surface area contributed by atoms with Gasteiger partial charge in [0.15, 0.2) is 0 Å². The number of benzene rings is 1. The lowest BCUT2D eigenvalue weighted by molar-refractivity contribution is -0.131. The molecule has 6 nitrogen and oxygen atoms in total. The number of thiophene rings is 1. The molecule has 3 amide bonds. The third-order valence-corrected chi connectivity index (χ3v) is 5.28. The molecule has 3 rings (SSSR count). The summed E-state index contributed by atoms with van der Waals surface area (Å²) < 4.78 is 0. The van der Waals surface area contributed by atoms with E-state index in [2.05, 4.69) is 10.9 Å². The number of nitrogens with zero attached hydrogens (tertiary/aromatic N) is 1. The van der Waals surface area contributed by atoms with Crippen LogP contribution < -0.4 is 10.9 Å². The topological polar surface area (TPSA) is 78.5 Å². The van der Waals surface area contributed by atoms with Crippen LogP contribution in [0.2, 0.25) is 0 Å². The first-order valence-corrected chi connectivity index (χ1v) is 9.47. The number of hydrazine groups is 1. The van der Waals surface area contributed by atoms with Crippen LogP contribution in [0.25, 0.3) is 0 Å². The number of piperidine rings is 1. The van der Waals surface area contributed by atoms with Crippen LogP contribution in [0.5, 0.6) is 0 Å². The number of hydrogen-bond acceptors (Lipinski definition) is 4. The largest absolute Gasteiger partial charge is 0.338 e. The molecule has 1 saturated heterocycles. The zero-order chi connectivity index (χ0) is 18.4. The molecule has 2 aromatic rings. The Bertz CT molecular complexity index is 754. The van der Waals surface area contributed by atoms with E-state index in [4.69, 9.17) is 0 Å². The van der Waals surface area contributed by atoms with E-state index in [9.17, 15) is 14.4 Å². The molecular formula is C19H21N3O3S. The summed E-state index contributed by atoms with van der Waals surface area (Å²) >= 11 is 1.43. The van der Waals surface area contributed by atoms with Crippen molar-refractivity contribution in [2.75, 3.05) is 13.1 Å². The van der Waals surface area contributed by atoms with Crippen molar-refractivity contribution in [2.45, 2.75) is 19.3 Å². The minimum atomic E-state index is -0.255. The highest BCUT2D eigenvalue weighted by Crippen LogP contribution is 2.20. The second-order valence-corrected chi connectivity index (χ2v) is 7.19. The third kappa shape index (κ3) is 4.70. The Morgan fingerprint density at radius 2 is 1.73 bits per heavy atom. The fourth-order valence-electron chi connectivity index (χ4n) is 2.96. The number of rotatable bonds is 4. The highest BCUT2D eigenvalue weighted by molar-refractivity contribution is 7.12. The first kappa shape index (κ1) is 18.1. The lowest BCUT2D eigenvalue weighted by Gasteiger charge is -2.31. The van der Waals surface area contributed by atoms with Gasteiger partial charge in [-0.15, -0.1) is 11.3 Å². The van der Waals surface area contributed by atoms with Gasteiger partial charge in [0, 0.05) is 19.0 Å². The smallest absolute Gasteiger partial charge is 0.263 e. The number of likely N-dealkylation sites (tertiary alicyclic amines) is 1. The van der Waals surface area contributed by atoms with E-state index in [1.54, 1.807) is 4.90 Å². The first-order valence-electron chi connectivity index (χ1n) is 8.59. The standard InChI is InChI=1S/C19H21N3O3S/c23-17(13-14-5-2-1-3-6-14)20-21-18(24)15-8-10-22(11-9-15)19(25)16-7-4-12-26-16/h1-7,12,15H,8-11,13H2,(H,20,23)(H,21,24). The summed E-state index contributed by atoms with van der Waals surface area (Å²) in [6, 6.07) is 13.0. The molecule has 0 unspecified atom stereocenters. The molecule has 0 aliphatic carbocycles. The Morgan fingerprint density at radius 1 is 1.00 bits per heavy atom. The molecule has 0 saturated carbocycles. The van der Waals surface area contributed by atoms with E-state index >= 15 is 0 Å². The molecule has 0 radical (unpaired) electrons. The highest BCUT2D eigenvalue weighted by Gasteiger charge is 2.28. The Hall–Kier alpha value is -2.67. The van der Waals surface area contributed by atoms with Gasteiger partial charge >= 0.3 is 0 Å². The summed E-state index contributed by atoms with van der Waals surface area (Å²) in [7, 11) is 0. The van der Waals surface area contributed by atoms with Crippen LogP contribution in [-0.2, 0) is 16.0 Å². The predicted octanol–water partition coefficient (Wildman–Crippen LogP) is 1.99. The van der Waals surface area contributed by atoms with E-state index in [0.29, 0.717) is 25.9 Å². The van der Waals surface area contributed by atoms with Gasteiger partial charge in [0.2, 0.25) is 11.8 Å². The van der Waals surface area contributed by atoms with Crippen molar-refractivity contribution in [1.29, 1.82) is 0 Å². The SMILES string of the molecule is O=C(Cc1ccccc1)NNC(=O)C1CCN(C(=O)c2cccs2)CC1. The molecule has 2 heterocycles. The van der Waals surface area contributed by atoms with Gasteiger partial charge in [0.25, 0.3) is 5.91 Å². The molecule has 1 aromatic carbocycles. The van der Waals surface area contributed by atoms with Crippen LogP contribution >= 0.6 is 11.3 Å². The van der Waals surface area contributed by atoms with Crippen molar-refractivity contribution < 1.29 is 14.4 Å². The molecule has 0 bridgehead atoms. The Kier molecular flexibility index (Phi) is 6.01. The number of carbonyl (C=O) groups is 3. The second-order valence-electron chi connectivity index (χ2n) is 6.24. The van der Waals surface area contributed by atoms with Crippen LogP contribution in [0.15, 0.2) is 47.8 Å². The Balaban J connectivity index is 1.41. The highest BCUT2D eigenvalue weighted by atomic mass is 32.1. The van der Waals surface area contributed by atoms with Crippen LogP contribution in [-0.4, -0.2) is 35.7 Å². The van der Waals surface area contributed by atoms with Crippen molar-refractivity contribution in [3.05, 3.63) is 58.3 Å². The molecule has 7 heteroatoms. The number of hydrogen-bond donors (Lipinski definition) is 2. The average molecular weight is 371 g/mol. The van der Waals surface area contributed by atoms with E-state index in [-0.39, 0.29) is 30.1 Å². The zero-order valence-corrected chi connectivity index (χ0v) is 15.1. The van der Waals surface area contributed by atoms with E-state index in [0.717, 1.165) is 10.4 Å². The van der Waals surface area contributed by atoms with Crippen LogP contribution in [0.4, 0.5) is 0 Å². The molecule has 1 fully saturated rings. The minimum Gasteiger partial charge on any atom is -0.338 e. The van der Waals surface area contributed by atoms with E-state index in [1.165, 1.54) is 11.3 Å². The summed E-state index contributed by atoms with van der Waals surface area (Å²) in [6.07, 6.45) is 1.41. The summed E-state index contributed by atoms with van der Waals surface area (Å²) in [5, 5.41) is 1.88. The van der Waals surface area contributed by atoms with Crippen molar-refractivity contribution in [3.8, 4) is 0 Å². The monoisotopic (exact) mass is 371 g/mol. The summed E-state index contributed by atoms with van der Waals surface area (Å²) in [5.41, 5.74) is 5.86. The molecule has 0 atom stereocenters. The lowest BCUT2D eigenvalue weighted by atomic mass is 9.96. The molecule has 136 valence electrons. The van der Waals surface area contributed by atoms with Gasteiger partial charge in [-0.05, 0) is 29.9 Å². The third-order valence-electron chi connectivity index (χ3n) is 4.42. The van der Waals surface area contributed by atoms with Gasteiger partial charge in [-0.1, -0.05) is 36.4 Å². The molecule has 2 N–H and O–H groups in total. The predicted molar refractivity (Wildman–Crippen MR) is 99.4 cm³/mol. The summed E-state index contributed by atoms with van der Waals surface area (Å²) in [6.45, 7) is 1.10. The van der Waals surface area contributed by atoms with Crippen LogP contribution in [0.3, 0.4) is 0 Å². The van der Waals surface area contributed by atoms with Crippen molar-refractivity contribution >= 4 is 29.1 Å². The maximum Gasteiger partial charge on any atom is 0.263 e. The second kappa shape index (κ2) is 8.62. The molecule has 26 heavy (non-hydrogen) atoms.